The summed E-state index contributed by atoms with van der Waals surface area (Å²) in [5, 5.41) is 9.73. The highest BCUT2D eigenvalue weighted by atomic mass is 32.2. The number of esters is 1. The Morgan fingerprint density at radius 2 is 2.10 bits per heavy atom. The molecule has 0 saturated heterocycles. The maximum absolute atomic E-state index is 11.0. The van der Waals surface area contributed by atoms with Crippen molar-refractivity contribution in [2.45, 2.75) is 11.3 Å². The Morgan fingerprint density at radius 1 is 1.33 bits per heavy atom. The zero-order chi connectivity index (χ0) is 15.1. The van der Waals surface area contributed by atoms with Gasteiger partial charge in [-0.2, -0.15) is 0 Å². The molecule has 0 bridgehead atoms. The predicted molar refractivity (Wildman–Crippen MR) is 79.8 cm³/mol. The Balaban J connectivity index is 2.01. The topological polar surface area (TPSA) is 68.7 Å². The van der Waals surface area contributed by atoms with Gasteiger partial charge in [0.05, 0.1) is 13.5 Å². The number of benzene rings is 1. The number of thioether (sulfide) groups is 1. The number of nitrogens with zero attached hydrogens (tertiary/aromatic N) is 1. The maximum Gasteiger partial charge on any atom is 0.306 e. The molecule has 0 unspecified atom stereocenters. The van der Waals surface area contributed by atoms with Gasteiger partial charge in [0, 0.05) is 22.9 Å². The van der Waals surface area contributed by atoms with E-state index in [0.717, 1.165) is 4.90 Å². The van der Waals surface area contributed by atoms with E-state index in [1.54, 1.807) is 18.2 Å². The van der Waals surface area contributed by atoms with E-state index in [-0.39, 0.29) is 17.6 Å². The number of carbonyl (C=O) groups is 1. The van der Waals surface area contributed by atoms with Crippen LogP contribution >= 0.6 is 11.8 Å². The number of para-hydroxylation sites is 1. The lowest BCUT2D eigenvalue weighted by atomic mass is 10.3. The van der Waals surface area contributed by atoms with Gasteiger partial charge >= 0.3 is 5.97 Å². The molecule has 1 N–H and O–H groups in total. The second-order valence-electron chi connectivity index (χ2n) is 4.08. The maximum atomic E-state index is 11.0. The monoisotopic (exact) mass is 305 g/mol. The van der Waals surface area contributed by atoms with Crippen LogP contribution in [0.15, 0.2) is 47.5 Å². The van der Waals surface area contributed by atoms with Crippen LogP contribution in [0.4, 0.5) is 0 Å². The summed E-state index contributed by atoms with van der Waals surface area (Å²) < 4.78 is 10.2. The van der Waals surface area contributed by atoms with Crippen molar-refractivity contribution in [3.63, 3.8) is 0 Å². The van der Waals surface area contributed by atoms with Crippen LogP contribution in [0.25, 0.3) is 0 Å². The highest BCUT2D eigenvalue weighted by Gasteiger charge is 2.08. The highest BCUT2D eigenvalue weighted by molar-refractivity contribution is 7.99. The minimum Gasteiger partial charge on any atom is -0.491 e. The van der Waals surface area contributed by atoms with Crippen molar-refractivity contribution in [3.8, 4) is 17.4 Å². The van der Waals surface area contributed by atoms with Crippen LogP contribution in [0.3, 0.4) is 0 Å². The molecule has 0 aliphatic rings. The lowest BCUT2D eigenvalue weighted by molar-refractivity contribution is -0.140. The van der Waals surface area contributed by atoms with Gasteiger partial charge in [-0.1, -0.05) is 18.2 Å². The fraction of sp³-hybridized carbons (Fsp3) is 0.200. The molecule has 2 aromatic rings. The molecule has 0 saturated carbocycles. The Hall–Kier alpha value is -2.21. The molecular formula is C15H15NO4S. The second-order valence-corrected chi connectivity index (χ2v) is 5.25. The smallest absolute Gasteiger partial charge is 0.306 e. The first-order valence-corrected chi connectivity index (χ1v) is 7.29. The van der Waals surface area contributed by atoms with Crippen LogP contribution < -0.4 is 4.74 Å². The molecule has 110 valence electrons. The molecule has 2 rings (SSSR count). The van der Waals surface area contributed by atoms with Crippen molar-refractivity contribution in [3.05, 3.63) is 42.6 Å². The lowest BCUT2D eigenvalue weighted by Crippen LogP contribution is -2.00. The molecule has 0 atom stereocenters. The number of aromatic nitrogens is 1. The molecule has 1 heterocycles. The van der Waals surface area contributed by atoms with E-state index in [4.69, 9.17) is 4.74 Å². The summed E-state index contributed by atoms with van der Waals surface area (Å²) in [7, 11) is 1.36. The highest BCUT2D eigenvalue weighted by Crippen LogP contribution is 2.32. The third-order valence-corrected chi connectivity index (χ3v) is 3.55. The summed E-state index contributed by atoms with van der Waals surface area (Å²) in [6, 6.07) is 10.8. The lowest BCUT2D eigenvalue weighted by Gasteiger charge is -2.08. The van der Waals surface area contributed by atoms with E-state index < -0.39 is 0 Å². The van der Waals surface area contributed by atoms with E-state index in [0.29, 0.717) is 17.9 Å². The summed E-state index contributed by atoms with van der Waals surface area (Å²) in [6.45, 7) is 0. The second kappa shape index (κ2) is 7.54. The summed E-state index contributed by atoms with van der Waals surface area (Å²) in [5.74, 6) is 1.05. The normalized spacial score (nSPS) is 10.1. The number of hydrogen-bond acceptors (Lipinski definition) is 6. The molecule has 0 spiro atoms. The van der Waals surface area contributed by atoms with Gasteiger partial charge in [-0.3, -0.25) is 4.79 Å². The van der Waals surface area contributed by atoms with Crippen molar-refractivity contribution < 1.29 is 19.4 Å². The fourth-order valence-corrected chi connectivity index (χ4v) is 2.37. The number of pyridine rings is 1. The fourth-order valence-electron chi connectivity index (χ4n) is 1.54. The van der Waals surface area contributed by atoms with Crippen LogP contribution in [0, 0.1) is 0 Å². The number of methoxy groups -OCH3 is 1. The molecule has 0 aliphatic heterocycles. The van der Waals surface area contributed by atoms with E-state index in [9.17, 15) is 9.90 Å². The molecule has 0 fully saturated rings. The van der Waals surface area contributed by atoms with Gasteiger partial charge in [0.25, 0.3) is 5.88 Å². The number of hydrogen-bond donors (Lipinski definition) is 1. The Morgan fingerprint density at radius 3 is 2.81 bits per heavy atom. The summed E-state index contributed by atoms with van der Waals surface area (Å²) in [4.78, 5) is 15.7. The van der Waals surface area contributed by atoms with E-state index >= 15 is 0 Å². The van der Waals surface area contributed by atoms with E-state index in [1.807, 2.05) is 18.2 Å². The van der Waals surface area contributed by atoms with Crippen LogP contribution in [-0.2, 0) is 9.53 Å². The van der Waals surface area contributed by atoms with Crippen LogP contribution in [-0.4, -0.2) is 28.9 Å². The first kappa shape index (κ1) is 15.2. The summed E-state index contributed by atoms with van der Waals surface area (Å²) in [5.41, 5.74) is 0. The number of ether oxygens (including phenoxy) is 2. The molecule has 21 heavy (non-hydrogen) atoms. The molecule has 0 radical (unpaired) electrons. The number of aromatic hydroxyl groups is 1. The number of carbonyl (C=O) groups excluding carboxylic acids is 1. The molecule has 0 aliphatic carbocycles. The summed E-state index contributed by atoms with van der Waals surface area (Å²) >= 11 is 1.44. The first-order chi connectivity index (χ1) is 10.2. The summed E-state index contributed by atoms with van der Waals surface area (Å²) in [6.07, 6.45) is 1.85. The minimum absolute atomic E-state index is 0.170. The van der Waals surface area contributed by atoms with E-state index in [2.05, 4.69) is 9.72 Å². The SMILES string of the molecule is COC(=O)CCSc1cnc(O)c(Oc2ccccc2)c1. The van der Waals surface area contributed by atoms with Gasteiger partial charge in [-0.25, -0.2) is 4.98 Å². The van der Waals surface area contributed by atoms with Gasteiger partial charge in [0.1, 0.15) is 5.75 Å². The van der Waals surface area contributed by atoms with Gasteiger partial charge < -0.3 is 14.6 Å². The van der Waals surface area contributed by atoms with Crippen LogP contribution in [0.2, 0.25) is 0 Å². The number of rotatable bonds is 6. The molecule has 6 heteroatoms. The van der Waals surface area contributed by atoms with Gasteiger partial charge in [0.15, 0.2) is 5.75 Å². The minimum atomic E-state index is -0.255. The van der Waals surface area contributed by atoms with Crippen molar-refractivity contribution in [1.82, 2.24) is 4.98 Å². The van der Waals surface area contributed by atoms with Gasteiger partial charge in [-0.05, 0) is 12.1 Å². The van der Waals surface area contributed by atoms with Crippen molar-refractivity contribution in [1.29, 1.82) is 0 Å². The van der Waals surface area contributed by atoms with E-state index in [1.165, 1.54) is 25.1 Å². The quantitative estimate of drug-likeness (QED) is 0.653. The third-order valence-electron chi connectivity index (χ3n) is 2.58. The van der Waals surface area contributed by atoms with Gasteiger partial charge in [0.2, 0.25) is 0 Å². The Labute approximate surface area is 126 Å². The third kappa shape index (κ3) is 4.68. The average molecular weight is 305 g/mol. The average Bonchev–Trinajstić information content (AvgIpc) is 2.51. The van der Waals surface area contributed by atoms with Crippen molar-refractivity contribution in [2.75, 3.05) is 12.9 Å². The molecule has 1 aromatic carbocycles. The van der Waals surface area contributed by atoms with Crippen LogP contribution in [0.5, 0.6) is 17.4 Å². The Kier molecular flexibility index (Phi) is 5.45. The zero-order valence-electron chi connectivity index (χ0n) is 11.5. The van der Waals surface area contributed by atoms with Crippen LogP contribution in [0.1, 0.15) is 6.42 Å². The standard InChI is InChI=1S/C15H15NO4S/c1-19-14(17)7-8-21-12-9-13(15(18)16-10-12)20-11-5-3-2-4-6-11/h2-6,9-10H,7-8H2,1H3,(H,16,18). The van der Waals surface area contributed by atoms with Gasteiger partial charge in [-0.15, -0.1) is 11.8 Å². The molecule has 5 nitrogen and oxygen atoms in total. The molecule has 1 aromatic heterocycles. The molecule has 0 amide bonds. The predicted octanol–water partition coefficient (Wildman–Crippen LogP) is 3.23. The van der Waals surface area contributed by atoms with Crippen molar-refractivity contribution >= 4 is 17.7 Å². The van der Waals surface area contributed by atoms with Crippen molar-refractivity contribution in [2.24, 2.45) is 0 Å². The zero-order valence-corrected chi connectivity index (χ0v) is 12.3. The largest absolute Gasteiger partial charge is 0.491 e. The first-order valence-electron chi connectivity index (χ1n) is 6.30. The molecular weight excluding hydrogens is 290 g/mol. The Bertz CT molecular complexity index is 604.